The van der Waals surface area contributed by atoms with Crippen molar-refractivity contribution in [3.05, 3.63) is 12.0 Å². The highest BCUT2D eigenvalue weighted by atomic mass is 16.2. The average Bonchev–Trinajstić information content (AvgIpc) is 2.86. The first-order valence-electron chi connectivity index (χ1n) is 4.85. The quantitative estimate of drug-likeness (QED) is 0.393. The lowest BCUT2D eigenvalue weighted by Crippen LogP contribution is -2.27. The number of amides is 2. The van der Waals surface area contributed by atoms with Crippen LogP contribution in [0.2, 0.25) is 0 Å². The predicted octanol–water partition coefficient (Wildman–Crippen LogP) is -1.19. The van der Waals surface area contributed by atoms with E-state index >= 15 is 0 Å². The van der Waals surface area contributed by atoms with Gasteiger partial charge < -0.3 is 15.6 Å². The van der Waals surface area contributed by atoms with Gasteiger partial charge in [-0.3, -0.25) is 15.0 Å². The van der Waals surface area contributed by atoms with Gasteiger partial charge in [0.25, 0.3) is 11.8 Å². The van der Waals surface area contributed by atoms with E-state index in [9.17, 15) is 9.59 Å². The summed E-state index contributed by atoms with van der Waals surface area (Å²) in [7, 11) is 2.83. The number of carbonyl (C=O) groups is 2. The first kappa shape index (κ1) is 13.2. The molecule has 0 radical (unpaired) electrons. The summed E-state index contributed by atoms with van der Waals surface area (Å²) in [5, 5.41) is 16.9. The summed E-state index contributed by atoms with van der Waals surface area (Å²) in [5.41, 5.74) is 2.15. The van der Waals surface area contributed by atoms with Crippen LogP contribution in [0.3, 0.4) is 0 Å². The number of nitriles is 1. The van der Waals surface area contributed by atoms with Crippen LogP contribution in [0.15, 0.2) is 11.4 Å². The van der Waals surface area contributed by atoms with Crippen molar-refractivity contribution < 1.29 is 9.59 Å². The van der Waals surface area contributed by atoms with E-state index in [1.165, 1.54) is 20.4 Å². The SMILES string of the molecule is CNC(=O)/C(C#N)=N\Nc1nc[nH]c1C(=O)NC. The smallest absolute Gasteiger partial charge is 0.282 e. The summed E-state index contributed by atoms with van der Waals surface area (Å²) in [6.45, 7) is 0. The maximum Gasteiger partial charge on any atom is 0.282 e. The van der Waals surface area contributed by atoms with Crippen LogP contribution < -0.4 is 16.1 Å². The normalized spacial score (nSPS) is 10.4. The third kappa shape index (κ3) is 2.82. The number of aromatic amines is 1. The Bertz CT molecular complexity index is 525. The molecule has 0 aliphatic rings. The molecule has 1 heterocycles. The van der Waals surface area contributed by atoms with E-state index in [0.717, 1.165) is 0 Å². The van der Waals surface area contributed by atoms with Crippen LogP contribution in [-0.2, 0) is 4.79 Å². The second-order valence-electron chi connectivity index (χ2n) is 2.97. The van der Waals surface area contributed by atoms with Crippen molar-refractivity contribution in [3.8, 4) is 6.07 Å². The van der Waals surface area contributed by atoms with Gasteiger partial charge in [0.15, 0.2) is 5.82 Å². The number of aromatic nitrogens is 2. The van der Waals surface area contributed by atoms with Crippen molar-refractivity contribution in [2.75, 3.05) is 19.5 Å². The zero-order chi connectivity index (χ0) is 13.5. The third-order valence-corrected chi connectivity index (χ3v) is 1.92. The van der Waals surface area contributed by atoms with Gasteiger partial charge in [0.1, 0.15) is 11.8 Å². The Morgan fingerprint density at radius 1 is 1.44 bits per heavy atom. The Hall–Kier alpha value is -2.89. The fraction of sp³-hybridized carbons (Fsp3) is 0.222. The predicted molar refractivity (Wildman–Crippen MR) is 62.7 cm³/mol. The number of hydrogen-bond donors (Lipinski definition) is 4. The zero-order valence-corrected chi connectivity index (χ0v) is 9.74. The molecule has 0 saturated carbocycles. The largest absolute Gasteiger partial charge is 0.354 e. The van der Waals surface area contributed by atoms with Crippen molar-refractivity contribution in [2.45, 2.75) is 0 Å². The number of nitrogens with one attached hydrogen (secondary N) is 4. The number of rotatable bonds is 4. The molecule has 0 bridgehead atoms. The van der Waals surface area contributed by atoms with Crippen LogP contribution in [0.1, 0.15) is 10.5 Å². The van der Waals surface area contributed by atoms with Crippen molar-refractivity contribution in [3.63, 3.8) is 0 Å². The van der Waals surface area contributed by atoms with Gasteiger partial charge in [-0.25, -0.2) is 4.98 Å². The van der Waals surface area contributed by atoms with E-state index in [2.05, 4.69) is 31.1 Å². The molecule has 4 N–H and O–H groups in total. The lowest BCUT2D eigenvalue weighted by atomic mass is 10.4. The number of hydrogen-bond acceptors (Lipinski definition) is 6. The van der Waals surface area contributed by atoms with E-state index < -0.39 is 11.8 Å². The van der Waals surface area contributed by atoms with Gasteiger partial charge in [0.05, 0.1) is 6.33 Å². The lowest BCUT2D eigenvalue weighted by Gasteiger charge is -2.01. The number of imidazole rings is 1. The second-order valence-corrected chi connectivity index (χ2v) is 2.97. The molecule has 0 aliphatic carbocycles. The molecule has 0 unspecified atom stereocenters. The standard InChI is InChI=1S/C9H11N7O2/c1-11-8(17)5(3-10)15-16-7-6(9(18)12-2)13-4-14-7/h4,16H,1-2H3,(H,11,17)(H,12,18)(H,13,14)/b15-5-. The summed E-state index contributed by atoms with van der Waals surface area (Å²) < 4.78 is 0. The van der Waals surface area contributed by atoms with Gasteiger partial charge in [-0.1, -0.05) is 0 Å². The van der Waals surface area contributed by atoms with E-state index in [0.29, 0.717) is 0 Å². The number of carbonyl (C=O) groups excluding carboxylic acids is 2. The van der Waals surface area contributed by atoms with E-state index in [1.54, 1.807) is 6.07 Å². The molecule has 18 heavy (non-hydrogen) atoms. The summed E-state index contributed by atoms with van der Waals surface area (Å²) >= 11 is 0. The van der Waals surface area contributed by atoms with Gasteiger partial charge in [-0.2, -0.15) is 10.4 Å². The van der Waals surface area contributed by atoms with Gasteiger partial charge in [-0.15, -0.1) is 0 Å². The molecule has 9 nitrogen and oxygen atoms in total. The Balaban J connectivity index is 2.89. The molecule has 9 heteroatoms. The summed E-state index contributed by atoms with van der Waals surface area (Å²) in [6.07, 6.45) is 1.29. The first-order valence-corrected chi connectivity index (χ1v) is 4.85. The number of hydrazone groups is 1. The molecule has 1 aromatic heterocycles. The fourth-order valence-electron chi connectivity index (χ4n) is 1.03. The monoisotopic (exact) mass is 249 g/mol. The maximum atomic E-state index is 11.4. The Morgan fingerprint density at radius 2 is 2.17 bits per heavy atom. The highest BCUT2D eigenvalue weighted by Crippen LogP contribution is 2.08. The van der Waals surface area contributed by atoms with Crippen molar-refractivity contribution in [2.24, 2.45) is 5.10 Å². The van der Waals surface area contributed by atoms with Crippen molar-refractivity contribution in [1.82, 2.24) is 20.6 Å². The van der Waals surface area contributed by atoms with E-state index in [4.69, 9.17) is 5.26 Å². The van der Waals surface area contributed by atoms with Crippen LogP contribution >= 0.6 is 0 Å². The van der Waals surface area contributed by atoms with E-state index in [1.807, 2.05) is 0 Å². The van der Waals surface area contributed by atoms with Crippen LogP contribution in [0.4, 0.5) is 5.82 Å². The molecular formula is C9H11N7O2. The molecule has 1 aromatic rings. The maximum absolute atomic E-state index is 11.4. The molecular weight excluding hydrogens is 238 g/mol. The minimum atomic E-state index is -0.637. The Morgan fingerprint density at radius 3 is 2.72 bits per heavy atom. The number of nitrogens with zero attached hydrogens (tertiary/aromatic N) is 3. The van der Waals surface area contributed by atoms with Gasteiger partial charge in [0.2, 0.25) is 5.71 Å². The minimum Gasteiger partial charge on any atom is -0.354 e. The van der Waals surface area contributed by atoms with Gasteiger partial charge in [0, 0.05) is 14.1 Å². The fourth-order valence-corrected chi connectivity index (χ4v) is 1.03. The van der Waals surface area contributed by atoms with Crippen molar-refractivity contribution >= 4 is 23.3 Å². The number of anilines is 1. The van der Waals surface area contributed by atoms with Gasteiger partial charge in [-0.05, 0) is 0 Å². The van der Waals surface area contributed by atoms with Crippen LogP contribution in [0.5, 0.6) is 0 Å². The van der Waals surface area contributed by atoms with Gasteiger partial charge >= 0.3 is 0 Å². The van der Waals surface area contributed by atoms with Crippen LogP contribution in [0.25, 0.3) is 0 Å². The molecule has 0 atom stereocenters. The topological polar surface area (TPSA) is 135 Å². The Labute approximate surface area is 102 Å². The highest BCUT2D eigenvalue weighted by molar-refractivity contribution is 6.45. The summed E-state index contributed by atoms with van der Waals surface area (Å²) in [6, 6.07) is 1.61. The zero-order valence-electron chi connectivity index (χ0n) is 9.74. The Kier molecular flexibility index (Phi) is 4.39. The molecule has 0 spiro atoms. The van der Waals surface area contributed by atoms with Crippen LogP contribution in [-0.4, -0.2) is 41.6 Å². The lowest BCUT2D eigenvalue weighted by molar-refractivity contribution is -0.114. The highest BCUT2D eigenvalue weighted by Gasteiger charge is 2.13. The van der Waals surface area contributed by atoms with Crippen LogP contribution in [0, 0.1) is 11.3 Å². The molecule has 94 valence electrons. The molecule has 0 fully saturated rings. The second kappa shape index (κ2) is 6.00. The average molecular weight is 249 g/mol. The number of H-pyrrole nitrogens is 1. The molecule has 0 aromatic carbocycles. The third-order valence-electron chi connectivity index (χ3n) is 1.92. The first-order chi connectivity index (χ1) is 8.63. The summed E-state index contributed by atoms with van der Waals surface area (Å²) in [5.74, 6) is -0.920. The molecule has 0 aliphatic heterocycles. The summed E-state index contributed by atoms with van der Waals surface area (Å²) in [4.78, 5) is 29.0. The molecule has 2 amide bonds. The molecule has 0 saturated heterocycles. The van der Waals surface area contributed by atoms with E-state index in [-0.39, 0.29) is 17.2 Å². The minimum absolute atomic E-state index is 0.117. The molecule has 1 rings (SSSR count). The van der Waals surface area contributed by atoms with Crippen molar-refractivity contribution in [1.29, 1.82) is 5.26 Å².